The van der Waals surface area contributed by atoms with Crippen molar-refractivity contribution in [3.05, 3.63) is 101 Å². The first kappa shape index (κ1) is 50.8. The van der Waals surface area contributed by atoms with Crippen molar-refractivity contribution in [2.45, 2.75) is 91.7 Å². The number of anilines is 1. The van der Waals surface area contributed by atoms with Gasteiger partial charge in [-0.2, -0.15) is 29.8 Å². The molecule has 66 heavy (non-hydrogen) atoms. The number of unbranched alkanes of at least 4 members (excludes halogenated alkanes) is 1. The number of hydrogen-bond acceptors (Lipinski definition) is 12. The van der Waals surface area contributed by atoms with Crippen LogP contribution in [-0.4, -0.2) is 114 Å². The number of carbonyl (C=O) groups is 1. The normalized spacial score (nSPS) is 18.5. The van der Waals surface area contributed by atoms with E-state index in [4.69, 9.17) is 24.2 Å². The number of fused-ring (bicyclic) bond motifs is 4. The van der Waals surface area contributed by atoms with Crippen LogP contribution in [0.3, 0.4) is 0 Å². The van der Waals surface area contributed by atoms with E-state index in [9.17, 15) is 43.7 Å². The van der Waals surface area contributed by atoms with Gasteiger partial charge in [0.1, 0.15) is 11.9 Å². The zero-order valence-corrected chi connectivity index (χ0v) is 40.0. The molecular formula is C46H57N2O15S3+. The summed E-state index contributed by atoms with van der Waals surface area (Å²) in [4.78, 5) is 15.8. The van der Waals surface area contributed by atoms with Gasteiger partial charge < -0.3 is 19.3 Å². The molecule has 2 aliphatic heterocycles. The lowest BCUT2D eigenvalue weighted by Crippen LogP contribution is -2.28. The van der Waals surface area contributed by atoms with Crippen LogP contribution in [0.1, 0.15) is 77.3 Å². The minimum absolute atomic E-state index is 0.0402. The monoisotopic (exact) mass is 973 g/mol. The highest BCUT2D eigenvalue weighted by Crippen LogP contribution is 2.54. The Kier molecular flexibility index (Phi) is 15.6. The van der Waals surface area contributed by atoms with Gasteiger partial charge in [-0.25, -0.2) is 5.06 Å². The Balaban J connectivity index is 1.25. The van der Waals surface area contributed by atoms with E-state index in [1.165, 1.54) is 29.3 Å². The van der Waals surface area contributed by atoms with Crippen molar-refractivity contribution < 1.29 is 72.4 Å². The van der Waals surface area contributed by atoms with E-state index in [2.05, 4.69) is 6.08 Å². The molecule has 20 heteroatoms. The number of aliphatic carboxylic acids is 1. The number of nitrogens with zero attached hydrogens (tertiary/aromatic N) is 2. The highest BCUT2D eigenvalue weighted by atomic mass is 32.2. The van der Waals surface area contributed by atoms with Gasteiger partial charge in [-0.1, -0.05) is 38.1 Å². The lowest BCUT2D eigenvalue weighted by molar-refractivity contribution is -0.401. The molecule has 0 amide bonds. The highest BCUT2D eigenvalue weighted by Gasteiger charge is 2.46. The van der Waals surface area contributed by atoms with Crippen LogP contribution >= 0.6 is 0 Å². The number of carboxylic acids is 1. The van der Waals surface area contributed by atoms with Crippen molar-refractivity contribution in [1.82, 2.24) is 0 Å². The summed E-state index contributed by atoms with van der Waals surface area (Å²) in [5, 5.41) is 10.7. The molecule has 0 saturated heterocycles. The van der Waals surface area contributed by atoms with Crippen LogP contribution in [0.15, 0.2) is 104 Å². The topological polar surface area (TPSA) is 244 Å². The molecule has 3 aromatic carbocycles. The fraction of sp³-hybridized carbons (Fsp3) is 0.435. The summed E-state index contributed by atoms with van der Waals surface area (Å²) in [6, 6.07) is 9.57. The Morgan fingerprint density at radius 3 is 2.00 bits per heavy atom. The molecule has 0 radical (unpaired) electrons. The fourth-order valence-corrected chi connectivity index (χ4v) is 10.4. The van der Waals surface area contributed by atoms with E-state index in [1.807, 2.05) is 63.6 Å². The minimum Gasteiger partial charge on any atom is -0.481 e. The van der Waals surface area contributed by atoms with Crippen molar-refractivity contribution in [3.63, 3.8) is 0 Å². The molecule has 0 fully saturated rings. The van der Waals surface area contributed by atoms with E-state index in [1.54, 1.807) is 6.07 Å². The summed E-state index contributed by atoms with van der Waals surface area (Å²) >= 11 is 0. The largest absolute Gasteiger partial charge is 0.481 e. The van der Waals surface area contributed by atoms with Gasteiger partial charge >= 0.3 is 5.97 Å². The first-order chi connectivity index (χ1) is 30.9. The van der Waals surface area contributed by atoms with Crippen LogP contribution in [0.4, 0.5) is 11.4 Å². The average Bonchev–Trinajstić information content (AvgIpc) is 3.57. The number of allylic oxidation sites excluding steroid dienone is 8. The molecule has 4 N–H and O–H groups in total. The van der Waals surface area contributed by atoms with E-state index in [0.717, 1.165) is 59.5 Å². The van der Waals surface area contributed by atoms with Crippen LogP contribution in [0.2, 0.25) is 0 Å². The highest BCUT2D eigenvalue weighted by molar-refractivity contribution is 7.86. The van der Waals surface area contributed by atoms with E-state index < -0.39 is 56.9 Å². The van der Waals surface area contributed by atoms with Gasteiger partial charge in [-0.3, -0.25) is 23.3 Å². The van der Waals surface area contributed by atoms with Crippen molar-refractivity contribution in [1.29, 1.82) is 0 Å². The third-order valence-corrected chi connectivity index (χ3v) is 14.5. The number of rotatable bonds is 21. The van der Waals surface area contributed by atoms with E-state index >= 15 is 0 Å². The molecule has 0 spiro atoms. The molecule has 6 rings (SSSR count). The maximum absolute atomic E-state index is 13.1. The molecule has 3 aromatic rings. The van der Waals surface area contributed by atoms with Crippen molar-refractivity contribution in [2.75, 3.05) is 58.4 Å². The average molecular weight is 974 g/mol. The van der Waals surface area contributed by atoms with Crippen molar-refractivity contribution >= 4 is 64.2 Å². The Morgan fingerprint density at radius 2 is 1.36 bits per heavy atom. The predicted octanol–water partition coefficient (Wildman–Crippen LogP) is 7.10. The van der Waals surface area contributed by atoms with Crippen LogP contribution in [-0.2, 0) is 65.0 Å². The third kappa shape index (κ3) is 11.6. The fourth-order valence-electron chi connectivity index (χ4n) is 8.65. The Labute approximate surface area is 385 Å². The lowest BCUT2D eigenvalue weighted by atomic mass is 9.80. The molecule has 3 aliphatic rings. The first-order valence-corrected chi connectivity index (χ1v) is 25.7. The van der Waals surface area contributed by atoms with Gasteiger partial charge in [0.25, 0.3) is 30.4 Å². The molecule has 0 aromatic heterocycles. The maximum Gasteiger partial charge on any atom is 0.303 e. The van der Waals surface area contributed by atoms with Crippen LogP contribution in [0, 0.1) is 0 Å². The zero-order chi connectivity index (χ0) is 48.2. The summed E-state index contributed by atoms with van der Waals surface area (Å²) < 4.78 is 123. The van der Waals surface area contributed by atoms with Crippen molar-refractivity contribution in [3.8, 4) is 0 Å². The predicted molar refractivity (Wildman–Crippen MR) is 246 cm³/mol. The smallest absolute Gasteiger partial charge is 0.303 e. The molecule has 17 nitrogen and oxygen atoms in total. The molecule has 1 aliphatic carbocycles. The second kappa shape index (κ2) is 20.3. The quantitative estimate of drug-likeness (QED) is 0.0473. The van der Waals surface area contributed by atoms with Crippen LogP contribution in [0.25, 0.3) is 10.8 Å². The Morgan fingerprint density at radius 1 is 0.742 bits per heavy atom. The Hall–Kier alpha value is -4.61. The maximum atomic E-state index is 13.1. The SMILES string of the molecule is C[N+]1=C(/C=C/C2=CC(=C/C=C3/N(OCCOCCOCCOCCCCC(=O)O)c4c(S(=O)(=O)O)cc5cc(S(=O)(=O)O)ccc5c4C3(C)C)/CCC2)C(C)(C)c2cc(S(=O)(=O)O)ccc21. The number of hydrogen-bond donors (Lipinski definition) is 4. The number of ether oxygens (including phenoxy) is 3. The summed E-state index contributed by atoms with van der Waals surface area (Å²) in [5.41, 5.74) is 3.93. The standard InChI is InChI=1S/C46H56N2O15S3/c1-45(2)37-30-35(65(54,55)56)15-17-38(37)47(5)40(45)18-12-31-9-8-10-32(27-31)13-19-41-46(3,4)43-36-16-14-34(64(51,52)53)28-33(36)29-39(66(57,58)59)44(43)48(41)63-26-25-62-24-23-61-22-21-60-20-7-6-11-42(49)50/h12-19,27-30H,6-11,20-26H2,1-5H3,(H3-,49,50,51,52,53,54,55,56,57,58,59)/p+1. The molecule has 0 bridgehead atoms. The lowest BCUT2D eigenvalue weighted by Gasteiger charge is -2.26. The number of carboxylic acid groups (broad SMARTS) is 1. The summed E-state index contributed by atoms with van der Waals surface area (Å²) in [5.74, 6) is -0.842. The molecule has 2 heterocycles. The molecular weight excluding hydrogens is 917 g/mol. The summed E-state index contributed by atoms with van der Waals surface area (Å²) in [7, 11) is -12.1. The van der Waals surface area contributed by atoms with Gasteiger partial charge in [0, 0.05) is 36.1 Å². The molecule has 358 valence electrons. The zero-order valence-electron chi connectivity index (χ0n) is 37.5. The van der Waals surface area contributed by atoms with Crippen LogP contribution in [0.5, 0.6) is 0 Å². The summed E-state index contributed by atoms with van der Waals surface area (Å²) in [6.45, 7) is 9.30. The minimum atomic E-state index is -4.95. The third-order valence-electron chi connectivity index (χ3n) is 11.9. The first-order valence-electron chi connectivity index (χ1n) is 21.4. The number of hydroxylamine groups is 1. The van der Waals surface area contributed by atoms with Gasteiger partial charge in [0.05, 0.1) is 66.2 Å². The second-order valence-corrected chi connectivity index (χ2v) is 21.5. The molecule has 0 saturated carbocycles. The van der Waals surface area contributed by atoms with E-state index in [0.29, 0.717) is 49.3 Å². The molecule has 0 unspecified atom stereocenters. The second-order valence-electron chi connectivity index (χ2n) is 17.3. The van der Waals surface area contributed by atoms with Gasteiger partial charge in [0.15, 0.2) is 5.71 Å². The van der Waals surface area contributed by atoms with E-state index in [-0.39, 0.29) is 48.8 Å². The summed E-state index contributed by atoms with van der Waals surface area (Å²) in [6.07, 6.45) is 13.5. The van der Waals surface area contributed by atoms with Gasteiger partial charge in [-0.15, -0.1) is 0 Å². The van der Waals surface area contributed by atoms with Crippen LogP contribution < -0.4 is 5.06 Å². The van der Waals surface area contributed by atoms with Gasteiger partial charge in [-0.05, 0) is 110 Å². The molecule has 0 atom stereocenters. The van der Waals surface area contributed by atoms with Gasteiger partial charge in [0.2, 0.25) is 5.69 Å². The number of benzene rings is 3. The Bertz CT molecular complexity index is 2880. The van der Waals surface area contributed by atoms with Crippen molar-refractivity contribution in [2.24, 2.45) is 0 Å².